The van der Waals surface area contributed by atoms with E-state index in [2.05, 4.69) is 67.8 Å². The molecule has 1 aliphatic rings. The van der Waals surface area contributed by atoms with Gasteiger partial charge in [0, 0.05) is 30.9 Å². The van der Waals surface area contributed by atoms with Crippen LogP contribution in [-0.4, -0.2) is 59.8 Å². The zero-order valence-corrected chi connectivity index (χ0v) is 18.8. The van der Waals surface area contributed by atoms with E-state index in [9.17, 15) is 4.79 Å². The summed E-state index contributed by atoms with van der Waals surface area (Å²) in [7, 11) is 6.39. The molecule has 0 bridgehead atoms. The van der Waals surface area contributed by atoms with E-state index in [0.29, 0.717) is 6.54 Å². The third-order valence-corrected chi connectivity index (χ3v) is 6.55. The molecule has 0 saturated carbocycles. The Kier molecular flexibility index (Phi) is 6.54. The number of likely N-dealkylation sites (N-methyl/N-ethyl adjacent to an activating group) is 1. The minimum absolute atomic E-state index is 0.00543. The average Bonchev–Trinajstić information content (AvgIpc) is 2.80. The lowest BCUT2D eigenvalue weighted by Crippen LogP contribution is -3.27. The van der Waals surface area contributed by atoms with Gasteiger partial charge >= 0.3 is 0 Å². The zero-order valence-electron chi connectivity index (χ0n) is 18.8. The minimum atomic E-state index is 0.00543. The van der Waals surface area contributed by atoms with Crippen LogP contribution in [0.15, 0.2) is 66.7 Å². The number of carbonyl (C=O) groups is 1. The normalized spacial score (nSPS) is 19.7. The third-order valence-electron chi connectivity index (χ3n) is 6.55. The molecule has 1 atom stereocenters. The molecule has 0 unspecified atom stereocenters. The van der Waals surface area contributed by atoms with Gasteiger partial charge in [0.05, 0.1) is 13.6 Å². The zero-order chi connectivity index (χ0) is 21.8. The molecule has 1 aliphatic heterocycles. The van der Waals surface area contributed by atoms with Gasteiger partial charge in [-0.25, -0.2) is 0 Å². The van der Waals surface area contributed by atoms with Crippen LogP contribution < -0.4 is 20.0 Å². The topological polar surface area (TPSA) is 41.2 Å². The second kappa shape index (κ2) is 9.50. The Balaban J connectivity index is 1.54. The van der Waals surface area contributed by atoms with Crippen molar-refractivity contribution in [2.75, 3.05) is 58.8 Å². The molecule has 1 saturated heterocycles. The number of quaternary nitrogens is 2. The SMILES string of the molecule is CN(C)c1ccc([C@H](CNC(=O)c2cccc3ccccc23)[NH+]2CC[NH+](C)CC2)cc1. The fourth-order valence-electron chi connectivity index (χ4n) is 4.56. The van der Waals surface area contributed by atoms with Crippen LogP contribution in [0.3, 0.4) is 0 Å². The Morgan fingerprint density at radius 1 is 0.935 bits per heavy atom. The molecule has 3 N–H and O–H groups in total. The van der Waals surface area contributed by atoms with E-state index in [1.165, 1.54) is 24.3 Å². The number of carbonyl (C=O) groups excluding carboxylic acids is 1. The standard InChI is InChI=1S/C26H32N4O/c1-28(2)22-13-11-21(12-14-22)25(30-17-15-29(3)16-18-30)19-27-26(31)24-10-6-8-20-7-4-5-9-23(20)24/h4-14,25H,15-19H2,1-3H3,(H,27,31)/p+2/t25-/m0/s1. The number of nitrogens with zero attached hydrogens (tertiary/aromatic N) is 1. The van der Waals surface area contributed by atoms with Crippen molar-refractivity contribution in [1.29, 1.82) is 0 Å². The van der Waals surface area contributed by atoms with E-state index in [4.69, 9.17) is 0 Å². The van der Waals surface area contributed by atoms with E-state index in [1.54, 1.807) is 9.80 Å². The van der Waals surface area contributed by atoms with E-state index in [1.807, 2.05) is 30.3 Å². The number of hydrogen-bond donors (Lipinski definition) is 3. The van der Waals surface area contributed by atoms with Crippen LogP contribution in [0.1, 0.15) is 22.0 Å². The number of rotatable bonds is 6. The molecule has 5 nitrogen and oxygen atoms in total. The summed E-state index contributed by atoms with van der Waals surface area (Å²) in [5.41, 5.74) is 3.23. The summed E-state index contributed by atoms with van der Waals surface area (Å²) in [5, 5.41) is 5.36. The molecule has 4 rings (SSSR count). The quantitative estimate of drug-likeness (QED) is 0.554. The van der Waals surface area contributed by atoms with E-state index < -0.39 is 0 Å². The summed E-state index contributed by atoms with van der Waals surface area (Å²) in [4.78, 5) is 18.4. The van der Waals surface area contributed by atoms with E-state index in [0.717, 1.165) is 29.4 Å². The second-order valence-corrected chi connectivity index (χ2v) is 8.89. The Bertz CT molecular complexity index is 1020. The second-order valence-electron chi connectivity index (χ2n) is 8.89. The molecule has 0 radical (unpaired) electrons. The molecule has 31 heavy (non-hydrogen) atoms. The lowest BCUT2D eigenvalue weighted by Gasteiger charge is -2.33. The van der Waals surface area contributed by atoms with E-state index >= 15 is 0 Å². The summed E-state index contributed by atoms with van der Waals surface area (Å²) >= 11 is 0. The summed E-state index contributed by atoms with van der Waals surface area (Å²) in [6, 6.07) is 23.1. The molecule has 3 aromatic carbocycles. The van der Waals surface area contributed by atoms with Crippen LogP contribution in [0.25, 0.3) is 10.8 Å². The van der Waals surface area contributed by atoms with Crippen molar-refractivity contribution in [1.82, 2.24) is 5.32 Å². The average molecular weight is 419 g/mol. The largest absolute Gasteiger partial charge is 0.378 e. The van der Waals surface area contributed by atoms with Crippen molar-refractivity contribution in [3.05, 3.63) is 77.9 Å². The van der Waals surface area contributed by atoms with Crippen molar-refractivity contribution in [2.24, 2.45) is 0 Å². The van der Waals surface area contributed by atoms with Crippen LogP contribution in [0.4, 0.5) is 5.69 Å². The molecule has 0 spiro atoms. The van der Waals surface area contributed by atoms with Crippen LogP contribution in [-0.2, 0) is 0 Å². The number of fused-ring (bicyclic) bond motifs is 1. The predicted octanol–water partition coefficient (Wildman–Crippen LogP) is 0.790. The number of anilines is 1. The van der Waals surface area contributed by atoms with Crippen molar-refractivity contribution >= 4 is 22.4 Å². The van der Waals surface area contributed by atoms with Crippen LogP contribution in [0.2, 0.25) is 0 Å². The molecule has 1 heterocycles. The van der Waals surface area contributed by atoms with Gasteiger partial charge in [-0.2, -0.15) is 0 Å². The lowest BCUT2D eigenvalue weighted by atomic mass is 10.0. The Labute approximate surface area is 185 Å². The molecule has 1 amide bonds. The molecular weight excluding hydrogens is 384 g/mol. The Morgan fingerprint density at radius 2 is 1.61 bits per heavy atom. The molecule has 0 aliphatic carbocycles. The van der Waals surface area contributed by atoms with Crippen molar-refractivity contribution < 1.29 is 14.6 Å². The fourth-order valence-corrected chi connectivity index (χ4v) is 4.56. The summed E-state index contributed by atoms with van der Waals surface area (Å²) in [6.07, 6.45) is 0. The first-order chi connectivity index (χ1) is 15.0. The lowest BCUT2D eigenvalue weighted by molar-refractivity contribution is -1.02. The number of piperazine rings is 1. The highest BCUT2D eigenvalue weighted by atomic mass is 16.1. The number of nitrogens with one attached hydrogen (secondary N) is 3. The van der Waals surface area contributed by atoms with Crippen LogP contribution in [0, 0.1) is 0 Å². The molecule has 162 valence electrons. The van der Waals surface area contributed by atoms with Gasteiger partial charge in [0.1, 0.15) is 32.2 Å². The fraction of sp³-hybridized carbons (Fsp3) is 0.346. The van der Waals surface area contributed by atoms with Gasteiger partial charge in [0.2, 0.25) is 0 Å². The minimum Gasteiger partial charge on any atom is -0.378 e. The van der Waals surface area contributed by atoms with Crippen molar-refractivity contribution in [3.8, 4) is 0 Å². The van der Waals surface area contributed by atoms with E-state index in [-0.39, 0.29) is 11.9 Å². The number of amides is 1. The molecule has 0 aromatic heterocycles. The Hall–Kier alpha value is -2.89. The maximum atomic E-state index is 13.1. The van der Waals surface area contributed by atoms with Crippen molar-refractivity contribution in [2.45, 2.75) is 6.04 Å². The predicted molar refractivity (Wildman–Crippen MR) is 127 cm³/mol. The highest BCUT2D eigenvalue weighted by Crippen LogP contribution is 2.19. The number of benzene rings is 3. The van der Waals surface area contributed by atoms with Gasteiger partial charge in [-0.15, -0.1) is 0 Å². The monoisotopic (exact) mass is 418 g/mol. The highest BCUT2D eigenvalue weighted by molar-refractivity contribution is 6.07. The maximum Gasteiger partial charge on any atom is 0.252 e. The van der Waals surface area contributed by atoms with Crippen molar-refractivity contribution in [3.63, 3.8) is 0 Å². The third kappa shape index (κ3) is 4.89. The van der Waals surface area contributed by atoms with Gasteiger partial charge in [-0.05, 0) is 29.0 Å². The maximum absolute atomic E-state index is 13.1. The Morgan fingerprint density at radius 3 is 2.32 bits per heavy atom. The first-order valence-electron chi connectivity index (χ1n) is 11.2. The smallest absolute Gasteiger partial charge is 0.252 e. The number of hydrogen-bond acceptors (Lipinski definition) is 2. The van der Waals surface area contributed by atoms with Gasteiger partial charge in [-0.3, -0.25) is 4.79 Å². The van der Waals surface area contributed by atoms with Gasteiger partial charge in [0.25, 0.3) is 5.91 Å². The van der Waals surface area contributed by atoms with Gasteiger partial charge in [0.15, 0.2) is 0 Å². The summed E-state index contributed by atoms with van der Waals surface area (Å²) in [6.45, 7) is 5.21. The van der Waals surface area contributed by atoms with Gasteiger partial charge < -0.3 is 20.0 Å². The molecular formula is C26H34N4O+2. The van der Waals surface area contributed by atoms with Crippen LogP contribution in [0.5, 0.6) is 0 Å². The van der Waals surface area contributed by atoms with Gasteiger partial charge in [-0.1, -0.05) is 48.5 Å². The highest BCUT2D eigenvalue weighted by Gasteiger charge is 2.30. The molecule has 1 fully saturated rings. The summed E-state index contributed by atoms with van der Waals surface area (Å²) < 4.78 is 0. The summed E-state index contributed by atoms with van der Waals surface area (Å²) in [5.74, 6) is 0.00543. The molecule has 3 aromatic rings. The first kappa shape index (κ1) is 21.3. The first-order valence-corrected chi connectivity index (χ1v) is 11.2. The molecule has 5 heteroatoms. The van der Waals surface area contributed by atoms with Crippen LogP contribution >= 0.6 is 0 Å².